The van der Waals surface area contributed by atoms with Crippen LogP contribution in [-0.4, -0.2) is 45.8 Å². The highest BCUT2D eigenvalue weighted by atomic mass is 16.5. The normalized spacial score (nSPS) is 27.0. The third-order valence-corrected chi connectivity index (χ3v) is 4.16. The SMILES string of the molecule is C=C(C)C(=O)OCCC1(C(=O)O)CC(C(=O)O)CC(C(=O)O)C1. The van der Waals surface area contributed by atoms with Crippen LogP contribution in [0.5, 0.6) is 0 Å². The van der Waals surface area contributed by atoms with Gasteiger partial charge in [0.15, 0.2) is 0 Å². The molecular weight excluding hydrogens is 308 g/mol. The quantitative estimate of drug-likeness (QED) is 0.467. The molecule has 0 saturated heterocycles. The Morgan fingerprint density at radius 2 is 1.57 bits per heavy atom. The molecule has 1 fully saturated rings. The first kappa shape index (κ1) is 18.7. The highest BCUT2D eigenvalue weighted by Crippen LogP contribution is 2.45. The van der Waals surface area contributed by atoms with Crippen LogP contribution in [0.15, 0.2) is 12.2 Å². The fraction of sp³-hybridized carbons (Fsp3) is 0.600. The minimum absolute atomic E-state index is 0.106. The van der Waals surface area contributed by atoms with E-state index < -0.39 is 41.1 Å². The first-order chi connectivity index (χ1) is 10.6. The van der Waals surface area contributed by atoms with E-state index in [-0.39, 0.29) is 37.9 Å². The first-order valence-electron chi connectivity index (χ1n) is 7.10. The molecule has 1 aliphatic rings. The van der Waals surface area contributed by atoms with E-state index in [0.717, 1.165) is 0 Å². The summed E-state index contributed by atoms with van der Waals surface area (Å²) in [4.78, 5) is 45.5. The van der Waals surface area contributed by atoms with Gasteiger partial charge in [-0.2, -0.15) is 0 Å². The van der Waals surface area contributed by atoms with E-state index >= 15 is 0 Å². The summed E-state index contributed by atoms with van der Waals surface area (Å²) in [5.41, 5.74) is -1.38. The molecule has 23 heavy (non-hydrogen) atoms. The molecule has 0 aromatic carbocycles. The van der Waals surface area contributed by atoms with Crippen molar-refractivity contribution in [2.45, 2.75) is 32.6 Å². The lowest BCUT2D eigenvalue weighted by atomic mass is 9.64. The monoisotopic (exact) mass is 328 g/mol. The van der Waals surface area contributed by atoms with Crippen LogP contribution >= 0.6 is 0 Å². The van der Waals surface area contributed by atoms with Crippen LogP contribution in [-0.2, 0) is 23.9 Å². The van der Waals surface area contributed by atoms with Gasteiger partial charge in [0, 0.05) is 5.57 Å². The zero-order chi connectivity index (χ0) is 17.8. The van der Waals surface area contributed by atoms with Crippen molar-refractivity contribution in [1.82, 2.24) is 0 Å². The van der Waals surface area contributed by atoms with Gasteiger partial charge in [0.05, 0.1) is 23.9 Å². The average Bonchev–Trinajstić information content (AvgIpc) is 2.46. The molecule has 8 nitrogen and oxygen atoms in total. The van der Waals surface area contributed by atoms with Gasteiger partial charge in [0.25, 0.3) is 0 Å². The molecule has 0 spiro atoms. The average molecular weight is 328 g/mol. The Morgan fingerprint density at radius 3 is 1.91 bits per heavy atom. The Kier molecular flexibility index (Phi) is 5.89. The maximum Gasteiger partial charge on any atom is 0.333 e. The van der Waals surface area contributed by atoms with Gasteiger partial charge in [-0.15, -0.1) is 0 Å². The Labute approximate surface area is 132 Å². The van der Waals surface area contributed by atoms with E-state index in [1.54, 1.807) is 0 Å². The third kappa shape index (κ3) is 4.54. The molecule has 1 saturated carbocycles. The van der Waals surface area contributed by atoms with Crippen molar-refractivity contribution < 1.29 is 39.2 Å². The molecule has 2 atom stereocenters. The van der Waals surface area contributed by atoms with Crippen molar-refractivity contribution in [3.05, 3.63) is 12.2 Å². The number of carboxylic acid groups (broad SMARTS) is 3. The lowest BCUT2D eigenvalue weighted by molar-refractivity contribution is -0.164. The lowest BCUT2D eigenvalue weighted by Crippen LogP contribution is -2.44. The number of carbonyl (C=O) groups excluding carboxylic acids is 1. The van der Waals surface area contributed by atoms with Crippen LogP contribution in [0.4, 0.5) is 0 Å². The van der Waals surface area contributed by atoms with Crippen LogP contribution in [0.1, 0.15) is 32.6 Å². The second-order valence-corrected chi connectivity index (χ2v) is 5.97. The van der Waals surface area contributed by atoms with Gasteiger partial charge in [0.1, 0.15) is 0 Å². The molecule has 0 radical (unpaired) electrons. The van der Waals surface area contributed by atoms with Crippen molar-refractivity contribution >= 4 is 23.9 Å². The molecule has 0 amide bonds. The van der Waals surface area contributed by atoms with E-state index in [0.29, 0.717) is 0 Å². The Hall–Kier alpha value is -2.38. The summed E-state index contributed by atoms with van der Waals surface area (Å²) in [5, 5.41) is 27.8. The second kappa shape index (κ2) is 7.26. The number of hydrogen-bond donors (Lipinski definition) is 3. The maximum absolute atomic E-state index is 11.7. The summed E-state index contributed by atoms with van der Waals surface area (Å²) in [7, 11) is 0. The number of esters is 1. The number of rotatable bonds is 7. The van der Waals surface area contributed by atoms with E-state index in [9.17, 15) is 24.3 Å². The van der Waals surface area contributed by atoms with Gasteiger partial charge in [-0.05, 0) is 32.6 Å². The molecular formula is C15H20O8. The van der Waals surface area contributed by atoms with Crippen LogP contribution in [0.25, 0.3) is 0 Å². The molecule has 8 heteroatoms. The van der Waals surface area contributed by atoms with E-state index in [1.807, 2.05) is 0 Å². The predicted molar refractivity (Wildman–Crippen MR) is 76.6 cm³/mol. The summed E-state index contributed by atoms with van der Waals surface area (Å²) in [6.45, 7) is 4.60. The van der Waals surface area contributed by atoms with E-state index in [4.69, 9.17) is 14.9 Å². The van der Waals surface area contributed by atoms with Gasteiger partial charge in [-0.3, -0.25) is 14.4 Å². The van der Waals surface area contributed by atoms with Crippen molar-refractivity contribution in [1.29, 1.82) is 0 Å². The van der Waals surface area contributed by atoms with Gasteiger partial charge in [0.2, 0.25) is 0 Å². The van der Waals surface area contributed by atoms with E-state index in [1.165, 1.54) is 6.92 Å². The molecule has 1 aliphatic carbocycles. The van der Waals surface area contributed by atoms with Crippen molar-refractivity contribution in [3.8, 4) is 0 Å². The lowest BCUT2D eigenvalue weighted by Gasteiger charge is -2.38. The standard InChI is InChI=1S/C15H20O8/c1-8(2)13(20)23-4-3-15(14(21)22)6-9(11(16)17)5-10(7-15)12(18)19/h9-10H,1,3-7H2,2H3,(H,16,17)(H,18,19)(H,21,22). The number of carbonyl (C=O) groups is 4. The number of hydrogen-bond acceptors (Lipinski definition) is 5. The van der Waals surface area contributed by atoms with Crippen LogP contribution in [0.2, 0.25) is 0 Å². The Bertz CT molecular complexity index is 514. The zero-order valence-corrected chi connectivity index (χ0v) is 12.8. The first-order valence-corrected chi connectivity index (χ1v) is 7.10. The molecule has 0 aliphatic heterocycles. The maximum atomic E-state index is 11.7. The minimum Gasteiger partial charge on any atom is -0.481 e. The van der Waals surface area contributed by atoms with Gasteiger partial charge in [-0.25, -0.2) is 4.79 Å². The molecule has 128 valence electrons. The summed E-state index contributed by atoms with van der Waals surface area (Å²) < 4.78 is 4.88. The fourth-order valence-corrected chi connectivity index (χ4v) is 2.86. The topological polar surface area (TPSA) is 138 Å². The molecule has 0 bridgehead atoms. The van der Waals surface area contributed by atoms with Crippen molar-refractivity contribution in [2.75, 3.05) is 6.61 Å². The third-order valence-electron chi connectivity index (χ3n) is 4.16. The molecule has 0 aromatic rings. The Morgan fingerprint density at radius 1 is 1.09 bits per heavy atom. The largest absolute Gasteiger partial charge is 0.481 e. The second-order valence-electron chi connectivity index (χ2n) is 5.97. The van der Waals surface area contributed by atoms with Crippen LogP contribution in [0.3, 0.4) is 0 Å². The molecule has 3 N–H and O–H groups in total. The molecule has 2 unspecified atom stereocenters. The number of aliphatic carboxylic acids is 3. The number of ether oxygens (including phenoxy) is 1. The highest BCUT2D eigenvalue weighted by molar-refractivity contribution is 5.87. The summed E-state index contributed by atoms with van der Waals surface area (Å²) in [6, 6.07) is 0. The predicted octanol–water partition coefficient (Wildman–Crippen LogP) is 1.15. The van der Waals surface area contributed by atoms with Gasteiger partial charge < -0.3 is 20.1 Å². The molecule has 1 rings (SSSR count). The zero-order valence-electron chi connectivity index (χ0n) is 12.8. The smallest absolute Gasteiger partial charge is 0.333 e. The van der Waals surface area contributed by atoms with Crippen LogP contribution < -0.4 is 0 Å². The highest BCUT2D eigenvalue weighted by Gasteiger charge is 2.50. The van der Waals surface area contributed by atoms with Crippen molar-refractivity contribution in [2.24, 2.45) is 17.3 Å². The summed E-state index contributed by atoms with van der Waals surface area (Å²) >= 11 is 0. The van der Waals surface area contributed by atoms with Crippen molar-refractivity contribution in [3.63, 3.8) is 0 Å². The van der Waals surface area contributed by atoms with Gasteiger partial charge >= 0.3 is 23.9 Å². The van der Waals surface area contributed by atoms with Gasteiger partial charge in [-0.1, -0.05) is 6.58 Å². The molecule has 0 heterocycles. The van der Waals surface area contributed by atoms with Crippen LogP contribution in [0, 0.1) is 17.3 Å². The van der Waals surface area contributed by atoms with E-state index in [2.05, 4.69) is 6.58 Å². The minimum atomic E-state index is -1.54. The molecule has 0 aromatic heterocycles. The summed E-state index contributed by atoms with van der Waals surface area (Å²) in [5.74, 6) is -6.51. The number of carboxylic acids is 3. The Balaban J connectivity index is 2.93. The summed E-state index contributed by atoms with van der Waals surface area (Å²) in [6.07, 6.45) is -0.627. The fourth-order valence-electron chi connectivity index (χ4n) is 2.86.